The van der Waals surface area contributed by atoms with Crippen molar-refractivity contribution in [1.29, 1.82) is 0 Å². The molecular formula is C10H20N2O. The first kappa shape index (κ1) is 9.44. The lowest BCUT2D eigenvalue weighted by Crippen LogP contribution is -2.36. The first-order valence-corrected chi connectivity index (χ1v) is 5.43. The average Bonchev–Trinajstić information content (AvgIpc) is 2.53. The highest BCUT2D eigenvalue weighted by Crippen LogP contribution is 2.18. The van der Waals surface area contributed by atoms with Crippen molar-refractivity contribution < 1.29 is 4.74 Å². The van der Waals surface area contributed by atoms with Gasteiger partial charge in [0.25, 0.3) is 0 Å². The molecule has 3 nitrogen and oxygen atoms in total. The molecule has 13 heavy (non-hydrogen) atoms. The van der Waals surface area contributed by atoms with Gasteiger partial charge in [0.1, 0.15) is 6.23 Å². The number of hydrogen-bond donors (Lipinski definition) is 2. The molecule has 2 aliphatic heterocycles. The summed E-state index contributed by atoms with van der Waals surface area (Å²) in [6.07, 6.45) is 4.19. The zero-order valence-electron chi connectivity index (χ0n) is 8.38. The van der Waals surface area contributed by atoms with Gasteiger partial charge in [0, 0.05) is 6.04 Å². The summed E-state index contributed by atoms with van der Waals surface area (Å²) in [7, 11) is 0. The molecule has 0 aliphatic carbocycles. The van der Waals surface area contributed by atoms with Crippen molar-refractivity contribution >= 4 is 0 Å². The Hall–Kier alpha value is -0.120. The van der Waals surface area contributed by atoms with Gasteiger partial charge in [0.05, 0.1) is 6.61 Å². The Bertz CT molecular complexity index is 154. The summed E-state index contributed by atoms with van der Waals surface area (Å²) in [4.78, 5) is 0. The van der Waals surface area contributed by atoms with Crippen LogP contribution in [-0.4, -0.2) is 32.0 Å². The lowest BCUT2D eigenvalue weighted by molar-refractivity contribution is 0.0748. The summed E-state index contributed by atoms with van der Waals surface area (Å²) in [5, 5.41) is 6.89. The molecule has 2 fully saturated rings. The van der Waals surface area contributed by atoms with E-state index in [4.69, 9.17) is 4.74 Å². The van der Waals surface area contributed by atoms with Crippen LogP contribution in [-0.2, 0) is 4.74 Å². The molecule has 3 atom stereocenters. The van der Waals surface area contributed by atoms with E-state index in [-0.39, 0.29) is 0 Å². The Balaban J connectivity index is 1.71. The first-order chi connectivity index (χ1) is 6.34. The van der Waals surface area contributed by atoms with Crippen LogP contribution >= 0.6 is 0 Å². The quantitative estimate of drug-likeness (QED) is 0.663. The molecule has 3 unspecified atom stereocenters. The number of ether oxygens (including phenoxy) is 1. The van der Waals surface area contributed by atoms with E-state index in [1.807, 2.05) is 0 Å². The first-order valence-electron chi connectivity index (χ1n) is 5.43. The van der Waals surface area contributed by atoms with Gasteiger partial charge < -0.3 is 10.1 Å². The van der Waals surface area contributed by atoms with Gasteiger partial charge in [-0.2, -0.15) is 0 Å². The van der Waals surface area contributed by atoms with E-state index in [1.165, 1.54) is 32.4 Å². The lowest BCUT2D eigenvalue weighted by Gasteiger charge is -2.25. The lowest BCUT2D eigenvalue weighted by atomic mass is 9.95. The second kappa shape index (κ2) is 4.40. The second-order valence-electron chi connectivity index (χ2n) is 4.34. The van der Waals surface area contributed by atoms with E-state index in [0.717, 1.165) is 12.5 Å². The fourth-order valence-electron chi connectivity index (χ4n) is 2.24. The van der Waals surface area contributed by atoms with Crippen LogP contribution in [0.4, 0.5) is 0 Å². The Morgan fingerprint density at radius 1 is 1.46 bits per heavy atom. The van der Waals surface area contributed by atoms with Crippen LogP contribution in [0.25, 0.3) is 0 Å². The minimum Gasteiger partial charge on any atom is -0.362 e. The minimum absolute atomic E-state index is 0.319. The molecule has 0 radical (unpaired) electrons. The monoisotopic (exact) mass is 184 g/mol. The van der Waals surface area contributed by atoms with Gasteiger partial charge in [0.15, 0.2) is 0 Å². The van der Waals surface area contributed by atoms with Crippen LogP contribution in [0.2, 0.25) is 0 Å². The molecule has 2 N–H and O–H groups in total. The summed E-state index contributed by atoms with van der Waals surface area (Å²) in [5.74, 6) is 0.816. The number of nitrogens with one attached hydrogen (secondary N) is 2. The molecule has 0 amide bonds. The Morgan fingerprint density at radius 3 is 3.00 bits per heavy atom. The zero-order chi connectivity index (χ0) is 9.10. The highest BCUT2D eigenvalue weighted by atomic mass is 16.5. The van der Waals surface area contributed by atoms with Crippen LogP contribution in [0, 0.1) is 5.92 Å². The van der Waals surface area contributed by atoms with Crippen molar-refractivity contribution in [3.8, 4) is 0 Å². The predicted octanol–water partition coefficient (Wildman–Crippen LogP) is 0.710. The fraction of sp³-hybridized carbons (Fsp3) is 1.00. The maximum absolute atomic E-state index is 5.63. The van der Waals surface area contributed by atoms with E-state index >= 15 is 0 Å². The molecule has 0 bridgehead atoms. The topological polar surface area (TPSA) is 33.3 Å². The van der Waals surface area contributed by atoms with Crippen molar-refractivity contribution in [2.45, 2.75) is 38.5 Å². The van der Waals surface area contributed by atoms with Crippen molar-refractivity contribution in [2.24, 2.45) is 5.92 Å². The normalized spacial score (nSPS) is 40.8. The van der Waals surface area contributed by atoms with E-state index in [2.05, 4.69) is 17.6 Å². The molecule has 0 saturated carbocycles. The van der Waals surface area contributed by atoms with E-state index < -0.39 is 0 Å². The molecule has 0 spiro atoms. The molecule has 3 heteroatoms. The van der Waals surface area contributed by atoms with Crippen molar-refractivity contribution in [3.05, 3.63) is 0 Å². The summed E-state index contributed by atoms with van der Waals surface area (Å²) < 4.78 is 5.63. The largest absolute Gasteiger partial charge is 0.362 e. The van der Waals surface area contributed by atoms with Gasteiger partial charge in [-0.05, 0) is 45.2 Å². The minimum atomic E-state index is 0.319. The molecule has 2 heterocycles. The molecule has 0 aromatic rings. The van der Waals surface area contributed by atoms with Gasteiger partial charge in [-0.1, -0.05) is 0 Å². The van der Waals surface area contributed by atoms with Crippen LogP contribution in [0.1, 0.15) is 26.2 Å². The van der Waals surface area contributed by atoms with Crippen LogP contribution in [0.5, 0.6) is 0 Å². The molecule has 2 saturated heterocycles. The summed E-state index contributed by atoms with van der Waals surface area (Å²) >= 11 is 0. The Labute approximate surface area is 80.2 Å². The smallest absolute Gasteiger partial charge is 0.108 e. The van der Waals surface area contributed by atoms with E-state index in [0.29, 0.717) is 12.3 Å². The molecule has 0 aromatic heterocycles. The molecule has 2 rings (SSSR count). The third-order valence-corrected chi connectivity index (χ3v) is 2.96. The Kier molecular flexibility index (Phi) is 3.19. The SMILES string of the molecule is CC1COC(CC2CCCNC2)N1. The molecule has 0 aromatic carbocycles. The highest BCUT2D eigenvalue weighted by Gasteiger charge is 2.24. The third-order valence-electron chi connectivity index (χ3n) is 2.96. The van der Waals surface area contributed by atoms with Crippen molar-refractivity contribution in [2.75, 3.05) is 19.7 Å². The number of hydrogen-bond acceptors (Lipinski definition) is 3. The number of rotatable bonds is 2. The van der Waals surface area contributed by atoms with Gasteiger partial charge in [0.2, 0.25) is 0 Å². The number of piperidine rings is 1. The van der Waals surface area contributed by atoms with E-state index in [1.54, 1.807) is 0 Å². The Morgan fingerprint density at radius 2 is 2.38 bits per heavy atom. The standard InChI is InChI=1S/C10H20N2O/c1-8-7-13-10(12-8)5-9-3-2-4-11-6-9/h8-12H,2-7H2,1H3. The van der Waals surface area contributed by atoms with Crippen molar-refractivity contribution in [1.82, 2.24) is 10.6 Å². The molecular weight excluding hydrogens is 164 g/mol. The van der Waals surface area contributed by atoms with E-state index in [9.17, 15) is 0 Å². The predicted molar refractivity (Wildman–Crippen MR) is 52.5 cm³/mol. The average molecular weight is 184 g/mol. The van der Waals surface area contributed by atoms with Crippen LogP contribution in [0.3, 0.4) is 0 Å². The molecule has 76 valence electrons. The third kappa shape index (κ3) is 2.66. The van der Waals surface area contributed by atoms with Crippen LogP contribution in [0.15, 0.2) is 0 Å². The summed E-state index contributed by atoms with van der Waals surface area (Å²) in [6, 6.07) is 0.543. The van der Waals surface area contributed by atoms with Crippen LogP contribution < -0.4 is 10.6 Å². The fourth-order valence-corrected chi connectivity index (χ4v) is 2.24. The maximum Gasteiger partial charge on any atom is 0.108 e. The maximum atomic E-state index is 5.63. The second-order valence-corrected chi connectivity index (χ2v) is 4.34. The zero-order valence-corrected chi connectivity index (χ0v) is 8.38. The van der Waals surface area contributed by atoms with Gasteiger partial charge in [-0.15, -0.1) is 0 Å². The van der Waals surface area contributed by atoms with Crippen molar-refractivity contribution in [3.63, 3.8) is 0 Å². The summed E-state index contributed by atoms with van der Waals surface area (Å²) in [6.45, 7) is 5.44. The molecule has 2 aliphatic rings. The van der Waals surface area contributed by atoms with Gasteiger partial charge in [-0.25, -0.2) is 0 Å². The van der Waals surface area contributed by atoms with Gasteiger partial charge >= 0.3 is 0 Å². The highest BCUT2D eigenvalue weighted by molar-refractivity contribution is 4.77. The summed E-state index contributed by atoms with van der Waals surface area (Å²) in [5.41, 5.74) is 0. The van der Waals surface area contributed by atoms with Gasteiger partial charge in [-0.3, -0.25) is 5.32 Å².